The van der Waals surface area contributed by atoms with E-state index in [-0.39, 0.29) is 24.3 Å². The smallest absolute Gasteiger partial charge is 0.395 e. The lowest BCUT2D eigenvalue weighted by Crippen LogP contribution is -2.13. The zero-order valence-corrected chi connectivity index (χ0v) is 8.10. The summed E-state index contributed by atoms with van der Waals surface area (Å²) in [5, 5.41) is 10.5. The molecule has 0 radical (unpaired) electrons. The fourth-order valence-electron chi connectivity index (χ4n) is 0.810. The number of halogens is 4. The second kappa shape index (κ2) is 4.63. The molecule has 8 heteroatoms. The van der Waals surface area contributed by atoms with E-state index in [0.29, 0.717) is 6.07 Å². The van der Waals surface area contributed by atoms with Gasteiger partial charge in [0.05, 0.1) is 6.61 Å². The van der Waals surface area contributed by atoms with Gasteiger partial charge in [-0.15, -0.1) is 0 Å². The molecule has 1 heterocycles. The number of nitrogens with one attached hydrogen (secondary N) is 1. The van der Waals surface area contributed by atoms with E-state index < -0.39 is 11.9 Å². The summed E-state index contributed by atoms with van der Waals surface area (Å²) in [5.74, 6) is -0.260. The van der Waals surface area contributed by atoms with E-state index in [1.807, 2.05) is 0 Å². The SMILES string of the molecule is OCCNc1nc(Cl)cc(C(F)(F)F)n1. The molecule has 0 fully saturated rings. The van der Waals surface area contributed by atoms with Crippen molar-refractivity contribution in [3.8, 4) is 0 Å². The third-order valence-electron chi connectivity index (χ3n) is 1.38. The van der Waals surface area contributed by atoms with Crippen LogP contribution in [0.4, 0.5) is 19.1 Å². The number of anilines is 1. The van der Waals surface area contributed by atoms with E-state index in [4.69, 9.17) is 16.7 Å². The summed E-state index contributed by atoms with van der Waals surface area (Å²) in [6.07, 6.45) is -4.57. The maximum atomic E-state index is 12.2. The third-order valence-corrected chi connectivity index (χ3v) is 1.57. The Morgan fingerprint density at radius 2 is 2.07 bits per heavy atom. The summed E-state index contributed by atoms with van der Waals surface area (Å²) in [6, 6.07) is 0.631. The number of hydrogen-bond acceptors (Lipinski definition) is 4. The normalized spacial score (nSPS) is 11.5. The van der Waals surface area contributed by atoms with E-state index in [0.717, 1.165) is 0 Å². The van der Waals surface area contributed by atoms with Gasteiger partial charge < -0.3 is 10.4 Å². The van der Waals surface area contributed by atoms with Crippen molar-refractivity contribution in [2.45, 2.75) is 6.18 Å². The van der Waals surface area contributed by atoms with Crippen molar-refractivity contribution in [3.05, 3.63) is 16.9 Å². The first-order valence-electron chi connectivity index (χ1n) is 3.90. The average Bonchev–Trinajstić information content (AvgIpc) is 2.12. The first-order chi connectivity index (χ1) is 6.93. The van der Waals surface area contributed by atoms with Gasteiger partial charge in [-0.1, -0.05) is 11.6 Å². The minimum atomic E-state index is -4.57. The number of alkyl halides is 3. The Labute approximate surface area is 88.1 Å². The molecule has 1 aromatic heterocycles. The molecular formula is C7H7ClF3N3O. The molecule has 0 aliphatic heterocycles. The Kier molecular flexibility index (Phi) is 3.70. The molecule has 0 amide bonds. The molecule has 84 valence electrons. The summed E-state index contributed by atoms with van der Waals surface area (Å²) >= 11 is 5.38. The molecule has 0 bridgehead atoms. The quantitative estimate of drug-likeness (QED) is 0.789. The molecule has 0 saturated carbocycles. The van der Waals surface area contributed by atoms with Crippen LogP contribution in [0.25, 0.3) is 0 Å². The van der Waals surface area contributed by atoms with Crippen LogP contribution >= 0.6 is 11.6 Å². The fourth-order valence-corrected chi connectivity index (χ4v) is 0.993. The lowest BCUT2D eigenvalue weighted by Gasteiger charge is -2.08. The maximum Gasteiger partial charge on any atom is 0.433 e. The van der Waals surface area contributed by atoms with Crippen LogP contribution in [-0.2, 0) is 6.18 Å². The molecule has 2 N–H and O–H groups in total. The van der Waals surface area contributed by atoms with Gasteiger partial charge in [0, 0.05) is 12.6 Å². The summed E-state index contributed by atoms with van der Waals surface area (Å²) in [7, 11) is 0. The van der Waals surface area contributed by atoms with Crippen LogP contribution in [0, 0.1) is 0 Å². The standard InChI is InChI=1S/C7H7ClF3N3O/c8-5-3-4(7(9,10)11)13-6(14-5)12-1-2-15/h3,15H,1-2H2,(H,12,13,14). The molecule has 4 nitrogen and oxygen atoms in total. The Morgan fingerprint density at radius 1 is 1.40 bits per heavy atom. The molecule has 0 aliphatic carbocycles. The highest BCUT2D eigenvalue weighted by molar-refractivity contribution is 6.29. The first kappa shape index (κ1) is 12.0. The third kappa shape index (κ3) is 3.52. The van der Waals surface area contributed by atoms with E-state index in [1.165, 1.54) is 0 Å². The average molecular weight is 242 g/mol. The van der Waals surface area contributed by atoms with Crippen LogP contribution in [-0.4, -0.2) is 28.2 Å². The number of rotatable bonds is 3. The van der Waals surface area contributed by atoms with Gasteiger partial charge in [-0.05, 0) is 0 Å². The lowest BCUT2D eigenvalue weighted by atomic mass is 10.4. The number of aliphatic hydroxyl groups is 1. The number of aromatic nitrogens is 2. The number of aliphatic hydroxyl groups excluding tert-OH is 1. The predicted molar refractivity (Wildman–Crippen MR) is 47.6 cm³/mol. The summed E-state index contributed by atoms with van der Waals surface area (Å²) in [6.45, 7) is -0.186. The molecule has 0 aromatic carbocycles. The van der Waals surface area contributed by atoms with Gasteiger partial charge in [0.2, 0.25) is 5.95 Å². The van der Waals surface area contributed by atoms with Crippen molar-refractivity contribution in [1.82, 2.24) is 9.97 Å². The molecule has 1 rings (SSSR count). The Hall–Kier alpha value is -1.08. The Morgan fingerprint density at radius 3 is 2.60 bits per heavy atom. The van der Waals surface area contributed by atoms with E-state index in [2.05, 4.69) is 15.3 Å². The zero-order chi connectivity index (χ0) is 11.5. The van der Waals surface area contributed by atoms with E-state index in [9.17, 15) is 13.2 Å². The Bertz CT molecular complexity index is 345. The van der Waals surface area contributed by atoms with Crippen molar-refractivity contribution in [2.24, 2.45) is 0 Å². The van der Waals surface area contributed by atoms with Crippen molar-refractivity contribution < 1.29 is 18.3 Å². The fraction of sp³-hybridized carbons (Fsp3) is 0.429. The van der Waals surface area contributed by atoms with Gasteiger partial charge in [0.15, 0.2) is 5.69 Å². The minimum Gasteiger partial charge on any atom is -0.395 e. The molecular weight excluding hydrogens is 235 g/mol. The van der Waals surface area contributed by atoms with Crippen LogP contribution in [0.3, 0.4) is 0 Å². The van der Waals surface area contributed by atoms with Crippen molar-refractivity contribution >= 4 is 17.5 Å². The largest absolute Gasteiger partial charge is 0.433 e. The number of hydrogen-bond donors (Lipinski definition) is 2. The zero-order valence-electron chi connectivity index (χ0n) is 7.35. The molecule has 0 atom stereocenters. The van der Waals surface area contributed by atoms with Crippen molar-refractivity contribution in [3.63, 3.8) is 0 Å². The monoisotopic (exact) mass is 241 g/mol. The van der Waals surface area contributed by atoms with Gasteiger partial charge in [-0.2, -0.15) is 13.2 Å². The van der Waals surface area contributed by atoms with Crippen molar-refractivity contribution in [1.29, 1.82) is 0 Å². The summed E-state index contributed by atoms with van der Waals surface area (Å²) in [5.41, 5.74) is -1.12. The number of nitrogens with zero attached hydrogens (tertiary/aromatic N) is 2. The highest BCUT2D eigenvalue weighted by Crippen LogP contribution is 2.29. The summed E-state index contributed by atoms with van der Waals surface area (Å²) < 4.78 is 36.7. The molecule has 0 spiro atoms. The van der Waals surface area contributed by atoms with Gasteiger partial charge in [0.25, 0.3) is 0 Å². The first-order valence-corrected chi connectivity index (χ1v) is 4.28. The minimum absolute atomic E-state index is 0.0532. The lowest BCUT2D eigenvalue weighted by molar-refractivity contribution is -0.141. The highest BCUT2D eigenvalue weighted by atomic mass is 35.5. The van der Waals surface area contributed by atoms with Crippen LogP contribution in [0.15, 0.2) is 6.07 Å². The topological polar surface area (TPSA) is 58.0 Å². The molecule has 0 unspecified atom stereocenters. The van der Waals surface area contributed by atoms with Gasteiger partial charge in [-0.25, -0.2) is 9.97 Å². The van der Waals surface area contributed by atoms with Crippen LogP contribution < -0.4 is 5.32 Å². The van der Waals surface area contributed by atoms with E-state index >= 15 is 0 Å². The second-order valence-corrected chi connectivity index (χ2v) is 2.93. The van der Waals surface area contributed by atoms with Gasteiger partial charge in [-0.3, -0.25) is 0 Å². The second-order valence-electron chi connectivity index (χ2n) is 2.55. The molecule has 0 saturated heterocycles. The molecule has 15 heavy (non-hydrogen) atoms. The van der Waals surface area contributed by atoms with Gasteiger partial charge in [0.1, 0.15) is 5.15 Å². The van der Waals surface area contributed by atoms with Crippen LogP contribution in [0.2, 0.25) is 5.15 Å². The Balaban J connectivity index is 2.95. The predicted octanol–water partition coefficient (Wildman–Crippen LogP) is 1.55. The molecule has 1 aromatic rings. The molecule has 0 aliphatic rings. The van der Waals surface area contributed by atoms with Crippen LogP contribution in [0.5, 0.6) is 0 Å². The van der Waals surface area contributed by atoms with Crippen molar-refractivity contribution in [2.75, 3.05) is 18.5 Å². The highest BCUT2D eigenvalue weighted by Gasteiger charge is 2.33. The maximum absolute atomic E-state index is 12.2. The summed E-state index contributed by atoms with van der Waals surface area (Å²) in [4.78, 5) is 6.72. The van der Waals surface area contributed by atoms with Gasteiger partial charge >= 0.3 is 6.18 Å². The van der Waals surface area contributed by atoms with E-state index in [1.54, 1.807) is 0 Å². The van der Waals surface area contributed by atoms with Crippen LogP contribution in [0.1, 0.15) is 5.69 Å².